The van der Waals surface area contributed by atoms with Crippen LogP contribution < -0.4 is 5.32 Å². The normalized spacial score (nSPS) is 10.1. The highest BCUT2D eigenvalue weighted by atomic mass is 16.5. The van der Waals surface area contributed by atoms with E-state index in [0.717, 1.165) is 11.1 Å². The summed E-state index contributed by atoms with van der Waals surface area (Å²) in [5.74, 6) is -1.50. The van der Waals surface area contributed by atoms with Gasteiger partial charge in [-0.1, -0.05) is 18.2 Å². The number of benzene rings is 1. The molecular weight excluding hydrogens is 334 g/mol. The second kappa shape index (κ2) is 8.75. The zero-order chi connectivity index (χ0) is 19.1. The molecule has 0 bridgehead atoms. The molecule has 0 fully saturated rings. The summed E-state index contributed by atoms with van der Waals surface area (Å²) in [4.78, 5) is 41.0. The molecule has 0 spiro atoms. The van der Waals surface area contributed by atoms with Crippen molar-refractivity contribution in [2.45, 2.75) is 13.8 Å². The van der Waals surface area contributed by atoms with Crippen molar-refractivity contribution >= 4 is 23.5 Å². The minimum atomic E-state index is -0.688. The molecule has 0 aliphatic carbocycles. The summed E-state index contributed by atoms with van der Waals surface area (Å²) >= 11 is 0. The minimum absolute atomic E-state index is 0.121. The molecular formula is C19H21N3O4. The molecule has 0 saturated heterocycles. The van der Waals surface area contributed by atoms with Crippen LogP contribution in [0, 0.1) is 13.8 Å². The van der Waals surface area contributed by atoms with Crippen LogP contribution >= 0.6 is 0 Å². The number of hydrogen-bond acceptors (Lipinski definition) is 5. The Morgan fingerprint density at radius 2 is 1.92 bits per heavy atom. The number of nitrogens with zero attached hydrogens (tertiary/aromatic N) is 2. The molecule has 7 nitrogen and oxygen atoms in total. The zero-order valence-corrected chi connectivity index (χ0v) is 15.0. The Kier molecular flexibility index (Phi) is 6.43. The van der Waals surface area contributed by atoms with Crippen LogP contribution in [0.15, 0.2) is 42.6 Å². The van der Waals surface area contributed by atoms with E-state index in [9.17, 15) is 14.4 Å². The standard InChI is InChI=1S/C19H21N3O4/c1-13-7-8-14(2)16(10-13)21-17(23)11-22(3)18(24)12-26-19(25)15-6-4-5-9-20-15/h4-10H,11-12H2,1-3H3,(H,21,23). The van der Waals surface area contributed by atoms with Crippen molar-refractivity contribution in [3.05, 3.63) is 59.4 Å². The quantitative estimate of drug-likeness (QED) is 0.800. The van der Waals surface area contributed by atoms with Crippen LogP contribution in [0.4, 0.5) is 5.69 Å². The van der Waals surface area contributed by atoms with Gasteiger partial charge in [-0.05, 0) is 43.2 Å². The lowest BCUT2D eigenvalue weighted by atomic mass is 10.1. The number of nitrogens with one attached hydrogen (secondary N) is 1. The van der Waals surface area contributed by atoms with Crippen molar-refractivity contribution in [3.63, 3.8) is 0 Å². The molecule has 136 valence electrons. The third kappa shape index (κ3) is 5.41. The summed E-state index contributed by atoms with van der Waals surface area (Å²) in [6.45, 7) is 3.22. The SMILES string of the molecule is Cc1ccc(C)c(NC(=O)CN(C)C(=O)COC(=O)c2ccccn2)c1. The van der Waals surface area contributed by atoms with Gasteiger partial charge in [-0.3, -0.25) is 9.59 Å². The fourth-order valence-corrected chi connectivity index (χ4v) is 2.16. The van der Waals surface area contributed by atoms with Gasteiger partial charge in [0.25, 0.3) is 5.91 Å². The van der Waals surface area contributed by atoms with Gasteiger partial charge in [-0.2, -0.15) is 0 Å². The number of likely N-dealkylation sites (N-methyl/N-ethyl adjacent to an activating group) is 1. The zero-order valence-electron chi connectivity index (χ0n) is 15.0. The van der Waals surface area contributed by atoms with Crippen LogP contribution in [0.5, 0.6) is 0 Å². The van der Waals surface area contributed by atoms with Crippen molar-refractivity contribution in [3.8, 4) is 0 Å². The third-order valence-electron chi connectivity index (χ3n) is 3.67. The van der Waals surface area contributed by atoms with Crippen LogP contribution in [0.3, 0.4) is 0 Å². The van der Waals surface area contributed by atoms with E-state index >= 15 is 0 Å². The highest BCUT2D eigenvalue weighted by molar-refractivity contribution is 5.95. The summed E-state index contributed by atoms with van der Waals surface area (Å²) in [5, 5.41) is 2.78. The number of aryl methyl sites for hydroxylation is 2. The lowest BCUT2D eigenvalue weighted by Crippen LogP contribution is -2.37. The molecule has 0 radical (unpaired) electrons. The van der Waals surface area contributed by atoms with Gasteiger partial charge in [0.05, 0.1) is 6.54 Å². The van der Waals surface area contributed by atoms with Crippen LogP contribution in [0.1, 0.15) is 21.6 Å². The number of rotatable bonds is 6. The summed E-state index contributed by atoms with van der Waals surface area (Å²) in [6.07, 6.45) is 1.46. The summed E-state index contributed by atoms with van der Waals surface area (Å²) in [7, 11) is 1.47. The maximum absolute atomic E-state index is 12.1. The Balaban J connectivity index is 1.83. The fourth-order valence-electron chi connectivity index (χ4n) is 2.16. The minimum Gasteiger partial charge on any atom is -0.451 e. The Morgan fingerprint density at radius 3 is 2.62 bits per heavy atom. The van der Waals surface area contributed by atoms with E-state index in [1.165, 1.54) is 24.2 Å². The molecule has 2 rings (SSSR count). The van der Waals surface area contributed by atoms with E-state index in [2.05, 4.69) is 10.3 Å². The molecule has 0 atom stereocenters. The number of hydrogen-bond donors (Lipinski definition) is 1. The number of carbonyl (C=O) groups is 3. The molecule has 1 heterocycles. The number of ether oxygens (including phenoxy) is 1. The molecule has 1 N–H and O–H groups in total. The summed E-state index contributed by atoms with van der Waals surface area (Å²) in [5.41, 5.74) is 2.78. The van der Waals surface area contributed by atoms with Crippen LogP contribution in [0.25, 0.3) is 0 Å². The van der Waals surface area contributed by atoms with Gasteiger partial charge in [-0.15, -0.1) is 0 Å². The van der Waals surface area contributed by atoms with Crippen molar-refractivity contribution < 1.29 is 19.1 Å². The maximum Gasteiger partial charge on any atom is 0.357 e. The van der Waals surface area contributed by atoms with E-state index in [1.54, 1.807) is 12.1 Å². The first-order chi connectivity index (χ1) is 12.4. The van der Waals surface area contributed by atoms with E-state index in [-0.39, 0.29) is 18.1 Å². The first kappa shape index (κ1) is 19.1. The first-order valence-corrected chi connectivity index (χ1v) is 8.06. The molecule has 26 heavy (non-hydrogen) atoms. The number of esters is 1. The average Bonchev–Trinajstić information content (AvgIpc) is 2.63. The molecule has 7 heteroatoms. The van der Waals surface area contributed by atoms with Gasteiger partial charge < -0.3 is 15.0 Å². The molecule has 0 unspecified atom stereocenters. The summed E-state index contributed by atoms with van der Waals surface area (Å²) < 4.78 is 4.92. The predicted molar refractivity (Wildman–Crippen MR) is 96.7 cm³/mol. The molecule has 0 aliphatic heterocycles. The van der Waals surface area contributed by atoms with Gasteiger partial charge in [0.2, 0.25) is 5.91 Å². The Bertz CT molecular complexity index is 806. The number of carbonyl (C=O) groups excluding carboxylic acids is 3. The van der Waals surface area contributed by atoms with E-state index < -0.39 is 18.5 Å². The van der Waals surface area contributed by atoms with Gasteiger partial charge in [0.15, 0.2) is 6.61 Å². The molecule has 1 aromatic heterocycles. The van der Waals surface area contributed by atoms with Crippen molar-refractivity contribution in [2.75, 3.05) is 25.5 Å². The molecule has 0 saturated carbocycles. The average molecular weight is 355 g/mol. The predicted octanol–water partition coefficient (Wildman–Crippen LogP) is 1.95. The van der Waals surface area contributed by atoms with E-state index in [4.69, 9.17) is 4.74 Å². The Hall–Kier alpha value is -3.22. The Labute approximate surface area is 152 Å². The number of amides is 2. The highest BCUT2D eigenvalue weighted by Gasteiger charge is 2.16. The van der Waals surface area contributed by atoms with Gasteiger partial charge >= 0.3 is 5.97 Å². The third-order valence-corrected chi connectivity index (χ3v) is 3.67. The highest BCUT2D eigenvalue weighted by Crippen LogP contribution is 2.16. The van der Waals surface area contributed by atoms with E-state index in [0.29, 0.717) is 5.69 Å². The topological polar surface area (TPSA) is 88.6 Å². The number of anilines is 1. The van der Waals surface area contributed by atoms with Gasteiger partial charge in [0, 0.05) is 18.9 Å². The molecule has 2 amide bonds. The monoisotopic (exact) mass is 355 g/mol. The largest absolute Gasteiger partial charge is 0.451 e. The van der Waals surface area contributed by atoms with Crippen LogP contribution in [-0.4, -0.2) is 47.9 Å². The lowest BCUT2D eigenvalue weighted by molar-refractivity contribution is -0.136. The molecule has 0 aliphatic rings. The molecule has 1 aromatic carbocycles. The number of pyridine rings is 1. The van der Waals surface area contributed by atoms with Crippen molar-refractivity contribution in [1.82, 2.24) is 9.88 Å². The van der Waals surface area contributed by atoms with Crippen molar-refractivity contribution in [1.29, 1.82) is 0 Å². The summed E-state index contributed by atoms with van der Waals surface area (Å²) in [6, 6.07) is 10.5. The fraction of sp³-hybridized carbons (Fsp3) is 0.263. The number of aromatic nitrogens is 1. The van der Waals surface area contributed by atoms with E-state index in [1.807, 2.05) is 32.0 Å². The van der Waals surface area contributed by atoms with Crippen molar-refractivity contribution in [2.24, 2.45) is 0 Å². The second-order valence-electron chi connectivity index (χ2n) is 5.91. The second-order valence-corrected chi connectivity index (χ2v) is 5.91. The Morgan fingerprint density at radius 1 is 1.15 bits per heavy atom. The smallest absolute Gasteiger partial charge is 0.357 e. The molecule has 2 aromatic rings. The van der Waals surface area contributed by atoms with Gasteiger partial charge in [0.1, 0.15) is 5.69 Å². The van der Waals surface area contributed by atoms with Crippen LogP contribution in [0.2, 0.25) is 0 Å². The van der Waals surface area contributed by atoms with Crippen LogP contribution in [-0.2, 0) is 14.3 Å². The first-order valence-electron chi connectivity index (χ1n) is 8.06. The van der Waals surface area contributed by atoms with Gasteiger partial charge in [-0.25, -0.2) is 9.78 Å². The maximum atomic E-state index is 12.1. The lowest BCUT2D eigenvalue weighted by Gasteiger charge is -2.17.